The van der Waals surface area contributed by atoms with Gasteiger partial charge in [-0.3, -0.25) is 9.59 Å². The maximum absolute atomic E-state index is 13.3. The van der Waals surface area contributed by atoms with E-state index < -0.39 is 11.7 Å². The van der Waals surface area contributed by atoms with Crippen molar-refractivity contribution < 1.29 is 14.0 Å². The molecule has 1 aliphatic carbocycles. The molecule has 142 valence electrons. The monoisotopic (exact) mass is 452 g/mol. The summed E-state index contributed by atoms with van der Waals surface area (Å²) in [6.45, 7) is 0.171. The van der Waals surface area contributed by atoms with Crippen molar-refractivity contribution in [3.05, 3.63) is 68.9 Å². The molecule has 2 aromatic carbocycles. The molecule has 2 amide bonds. The highest BCUT2D eigenvalue weighted by Crippen LogP contribution is 2.41. The predicted molar refractivity (Wildman–Crippen MR) is 106 cm³/mol. The minimum Gasteiger partial charge on any atom is -0.351 e. The van der Waals surface area contributed by atoms with E-state index in [4.69, 9.17) is 11.6 Å². The van der Waals surface area contributed by atoms with Crippen molar-refractivity contribution in [2.45, 2.75) is 31.2 Å². The van der Waals surface area contributed by atoms with Crippen LogP contribution in [0.15, 0.2) is 46.9 Å². The van der Waals surface area contributed by atoms with Crippen LogP contribution in [0, 0.1) is 5.82 Å². The van der Waals surface area contributed by atoms with E-state index in [-0.39, 0.29) is 30.0 Å². The lowest BCUT2D eigenvalue weighted by Gasteiger charge is -2.43. The van der Waals surface area contributed by atoms with Crippen LogP contribution in [-0.4, -0.2) is 18.4 Å². The van der Waals surface area contributed by atoms with Gasteiger partial charge in [-0.25, -0.2) is 4.39 Å². The lowest BCUT2D eigenvalue weighted by molar-refractivity contribution is -0.124. The largest absolute Gasteiger partial charge is 0.351 e. The van der Waals surface area contributed by atoms with E-state index >= 15 is 0 Å². The standard InChI is InChI=1S/C20H19BrClFN2O2/c21-17-7-6-15(23)12-16(17)19(27)24-11-8-18(26)25-20(9-1-10-20)13-2-4-14(22)5-3-13/h2-7,12H,1,8-11H2,(H,24,27)(H,25,26). The molecule has 2 aromatic rings. The summed E-state index contributed by atoms with van der Waals surface area (Å²) in [5.41, 5.74) is 0.892. The Morgan fingerprint density at radius 1 is 1.15 bits per heavy atom. The maximum Gasteiger partial charge on any atom is 0.252 e. The molecule has 3 rings (SSSR count). The molecule has 0 saturated heterocycles. The van der Waals surface area contributed by atoms with Gasteiger partial charge in [-0.05, 0) is 71.1 Å². The van der Waals surface area contributed by atoms with Gasteiger partial charge in [0.15, 0.2) is 0 Å². The normalized spacial score (nSPS) is 14.9. The summed E-state index contributed by atoms with van der Waals surface area (Å²) in [7, 11) is 0. The number of amides is 2. The van der Waals surface area contributed by atoms with Gasteiger partial charge in [0.05, 0.1) is 11.1 Å². The number of nitrogens with one attached hydrogen (secondary N) is 2. The average Bonchev–Trinajstić information content (AvgIpc) is 2.61. The highest BCUT2D eigenvalue weighted by Gasteiger charge is 2.39. The van der Waals surface area contributed by atoms with Crippen molar-refractivity contribution in [3.63, 3.8) is 0 Å². The Hall–Kier alpha value is -1.92. The minimum atomic E-state index is -0.490. The highest BCUT2D eigenvalue weighted by atomic mass is 79.9. The summed E-state index contributed by atoms with van der Waals surface area (Å²) >= 11 is 9.17. The molecular formula is C20H19BrClFN2O2. The van der Waals surface area contributed by atoms with Crippen LogP contribution < -0.4 is 10.6 Å². The van der Waals surface area contributed by atoms with Gasteiger partial charge in [-0.15, -0.1) is 0 Å². The number of carbonyl (C=O) groups excluding carboxylic acids is 2. The quantitative estimate of drug-likeness (QED) is 0.674. The third-order valence-corrected chi connectivity index (χ3v) is 5.74. The van der Waals surface area contributed by atoms with Crippen molar-refractivity contribution >= 4 is 39.3 Å². The van der Waals surface area contributed by atoms with Gasteiger partial charge in [0, 0.05) is 22.5 Å². The third-order valence-electron chi connectivity index (χ3n) is 4.79. The fourth-order valence-corrected chi connectivity index (χ4v) is 3.72. The van der Waals surface area contributed by atoms with Crippen LogP contribution in [0.5, 0.6) is 0 Å². The molecule has 7 heteroatoms. The summed E-state index contributed by atoms with van der Waals surface area (Å²) in [6, 6.07) is 11.4. The van der Waals surface area contributed by atoms with Crippen LogP contribution in [0.4, 0.5) is 4.39 Å². The zero-order chi connectivity index (χ0) is 19.4. The minimum absolute atomic E-state index is 0.136. The van der Waals surface area contributed by atoms with Gasteiger partial charge < -0.3 is 10.6 Å². The van der Waals surface area contributed by atoms with E-state index in [1.165, 1.54) is 12.1 Å². The van der Waals surface area contributed by atoms with Crippen molar-refractivity contribution in [1.82, 2.24) is 10.6 Å². The Bertz CT molecular complexity index is 854. The lowest BCUT2D eigenvalue weighted by Crippen LogP contribution is -2.51. The SMILES string of the molecule is O=C(CCNC(=O)c1cc(F)ccc1Br)NC1(c2ccc(Cl)cc2)CCC1. The molecule has 0 aliphatic heterocycles. The fraction of sp³-hybridized carbons (Fsp3) is 0.300. The molecule has 1 aliphatic rings. The fourth-order valence-electron chi connectivity index (χ4n) is 3.17. The summed E-state index contributed by atoms with van der Waals surface area (Å²) in [5.74, 6) is -1.05. The summed E-state index contributed by atoms with van der Waals surface area (Å²) in [5, 5.41) is 6.41. The van der Waals surface area contributed by atoms with Crippen molar-refractivity contribution in [1.29, 1.82) is 0 Å². The van der Waals surface area contributed by atoms with Gasteiger partial charge in [0.2, 0.25) is 5.91 Å². The Morgan fingerprint density at radius 2 is 1.85 bits per heavy atom. The van der Waals surface area contributed by atoms with Crippen molar-refractivity contribution in [2.75, 3.05) is 6.54 Å². The number of rotatable bonds is 6. The molecule has 0 atom stereocenters. The third kappa shape index (κ3) is 4.68. The van der Waals surface area contributed by atoms with Gasteiger partial charge >= 0.3 is 0 Å². The van der Waals surface area contributed by atoms with Gasteiger partial charge in [0.25, 0.3) is 5.91 Å². The Kier molecular flexibility index (Phi) is 6.17. The Labute approximate surface area is 170 Å². The zero-order valence-corrected chi connectivity index (χ0v) is 16.9. The van der Waals surface area contributed by atoms with Gasteiger partial charge in [-0.2, -0.15) is 0 Å². The lowest BCUT2D eigenvalue weighted by atomic mass is 9.71. The van der Waals surface area contributed by atoms with Gasteiger partial charge in [0.1, 0.15) is 5.82 Å². The van der Waals surface area contributed by atoms with E-state index in [2.05, 4.69) is 26.6 Å². The molecule has 1 fully saturated rings. The summed E-state index contributed by atoms with van der Waals surface area (Å²) < 4.78 is 13.8. The molecule has 0 heterocycles. The van der Waals surface area contributed by atoms with Crippen LogP contribution in [0.1, 0.15) is 41.6 Å². The first-order valence-corrected chi connectivity index (χ1v) is 9.87. The molecule has 1 saturated carbocycles. The maximum atomic E-state index is 13.3. The summed E-state index contributed by atoms with van der Waals surface area (Å²) in [6.07, 6.45) is 2.95. The Balaban J connectivity index is 1.54. The molecular weight excluding hydrogens is 435 g/mol. The van der Waals surface area contributed by atoms with Crippen molar-refractivity contribution in [2.24, 2.45) is 0 Å². The van der Waals surface area contributed by atoms with Crippen LogP contribution in [0.3, 0.4) is 0 Å². The van der Waals surface area contributed by atoms with E-state index in [1.54, 1.807) is 0 Å². The topological polar surface area (TPSA) is 58.2 Å². The second kappa shape index (κ2) is 8.40. The average molecular weight is 454 g/mol. The number of carbonyl (C=O) groups is 2. The summed E-state index contributed by atoms with van der Waals surface area (Å²) in [4.78, 5) is 24.5. The molecule has 0 spiro atoms. The number of benzene rings is 2. The molecule has 0 unspecified atom stereocenters. The van der Waals surface area contributed by atoms with E-state index in [9.17, 15) is 14.0 Å². The molecule has 4 nitrogen and oxygen atoms in total. The van der Waals surface area contributed by atoms with E-state index in [0.717, 1.165) is 30.9 Å². The Morgan fingerprint density at radius 3 is 2.48 bits per heavy atom. The highest BCUT2D eigenvalue weighted by molar-refractivity contribution is 9.10. The number of halogens is 3. The van der Waals surface area contributed by atoms with Crippen LogP contribution in [-0.2, 0) is 10.3 Å². The number of hydrogen-bond donors (Lipinski definition) is 2. The molecule has 27 heavy (non-hydrogen) atoms. The smallest absolute Gasteiger partial charge is 0.252 e. The first-order chi connectivity index (χ1) is 12.9. The first kappa shape index (κ1) is 19.8. The molecule has 0 bridgehead atoms. The predicted octanol–water partition coefficient (Wildman–Crippen LogP) is 4.56. The second-order valence-electron chi connectivity index (χ2n) is 6.62. The first-order valence-electron chi connectivity index (χ1n) is 8.70. The molecule has 2 N–H and O–H groups in total. The van der Waals surface area contributed by atoms with E-state index in [0.29, 0.717) is 9.50 Å². The van der Waals surface area contributed by atoms with Crippen LogP contribution in [0.2, 0.25) is 5.02 Å². The van der Waals surface area contributed by atoms with Crippen LogP contribution in [0.25, 0.3) is 0 Å². The molecule has 0 radical (unpaired) electrons. The number of hydrogen-bond acceptors (Lipinski definition) is 2. The second-order valence-corrected chi connectivity index (χ2v) is 7.91. The van der Waals surface area contributed by atoms with Crippen LogP contribution >= 0.6 is 27.5 Å². The van der Waals surface area contributed by atoms with Gasteiger partial charge in [-0.1, -0.05) is 23.7 Å². The van der Waals surface area contributed by atoms with Crippen molar-refractivity contribution in [3.8, 4) is 0 Å². The molecule has 0 aromatic heterocycles. The zero-order valence-electron chi connectivity index (χ0n) is 14.5. The van der Waals surface area contributed by atoms with E-state index in [1.807, 2.05) is 24.3 Å².